The number of nitrogens with one attached hydrogen (secondary N) is 1. The van der Waals surface area contributed by atoms with Crippen molar-refractivity contribution in [3.63, 3.8) is 0 Å². The van der Waals surface area contributed by atoms with Gasteiger partial charge in [0.15, 0.2) is 11.5 Å². The van der Waals surface area contributed by atoms with Gasteiger partial charge in [-0.25, -0.2) is 0 Å². The molecule has 2 rings (SSSR count). The molecule has 38 heavy (non-hydrogen) atoms. The Morgan fingerprint density at radius 3 is 2.39 bits per heavy atom. The summed E-state index contributed by atoms with van der Waals surface area (Å²) in [5.41, 5.74) is 1.36. The molecule has 2 N–H and O–H groups in total. The summed E-state index contributed by atoms with van der Waals surface area (Å²) in [6, 6.07) is 6.40. The Labute approximate surface area is 232 Å². The standard InChI is InChI=1S/C32H55NO5/c1-22(2)25(19-24-12-15-28(37-8)29(20-24)38-18-10-17-36-7)13-14-26(34)21-27(23(3)4)31(35)33-30-11-9-16-32(30,5)6/h12,15,20,22-23,25-27,30,34H,9-11,13-14,16-19,21H2,1-8H3,(H,33,35)/t25?,26-,27?,30-/m1/s1. The van der Waals surface area contributed by atoms with E-state index in [-0.39, 0.29) is 29.2 Å². The molecule has 1 fully saturated rings. The van der Waals surface area contributed by atoms with E-state index in [0.29, 0.717) is 37.9 Å². The number of benzene rings is 1. The van der Waals surface area contributed by atoms with Gasteiger partial charge in [-0.05, 0) is 79.4 Å². The van der Waals surface area contributed by atoms with Gasteiger partial charge in [0, 0.05) is 32.1 Å². The van der Waals surface area contributed by atoms with Gasteiger partial charge in [0.05, 0.1) is 19.8 Å². The fourth-order valence-corrected chi connectivity index (χ4v) is 5.69. The van der Waals surface area contributed by atoms with Crippen molar-refractivity contribution in [1.29, 1.82) is 0 Å². The van der Waals surface area contributed by atoms with Crippen LogP contribution in [-0.4, -0.2) is 50.6 Å². The molecule has 0 aliphatic heterocycles. The van der Waals surface area contributed by atoms with Crippen molar-refractivity contribution < 1.29 is 24.1 Å². The maximum atomic E-state index is 13.2. The Hall–Kier alpha value is -1.79. The number of carbonyl (C=O) groups is 1. The number of aliphatic hydroxyl groups excluding tert-OH is 1. The molecule has 4 atom stereocenters. The molecule has 1 aromatic rings. The van der Waals surface area contributed by atoms with Gasteiger partial charge >= 0.3 is 0 Å². The summed E-state index contributed by atoms with van der Waals surface area (Å²) in [5, 5.41) is 14.3. The van der Waals surface area contributed by atoms with Crippen LogP contribution >= 0.6 is 0 Å². The van der Waals surface area contributed by atoms with Crippen molar-refractivity contribution in [1.82, 2.24) is 5.32 Å². The monoisotopic (exact) mass is 533 g/mol. The molecule has 0 radical (unpaired) electrons. The molecule has 6 nitrogen and oxygen atoms in total. The first-order valence-corrected chi connectivity index (χ1v) is 14.8. The Morgan fingerprint density at radius 2 is 1.82 bits per heavy atom. The molecule has 6 heteroatoms. The average Bonchev–Trinajstić information content (AvgIpc) is 3.19. The Morgan fingerprint density at radius 1 is 1.08 bits per heavy atom. The highest BCUT2D eigenvalue weighted by atomic mass is 16.5. The summed E-state index contributed by atoms with van der Waals surface area (Å²) in [6.45, 7) is 14.4. The largest absolute Gasteiger partial charge is 0.493 e. The maximum absolute atomic E-state index is 13.2. The van der Waals surface area contributed by atoms with Crippen molar-refractivity contribution in [2.24, 2.45) is 29.1 Å². The number of ether oxygens (including phenoxy) is 3. The molecule has 1 saturated carbocycles. The Balaban J connectivity index is 1.96. The lowest BCUT2D eigenvalue weighted by atomic mass is 9.82. The highest BCUT2D eigenvalue weighted by Gasteiger charge is 2.37. The second kappa shape index (κ2) is 15.7. The molecular formula is C32H55NO5. The van der Waals surface area contributed by atoms with Crippen LogP contribution < -0.4 is 14.8 Å². The molecule has 218 valence electrons. The minimum absolute atomic E-state index is 0.107. The fraction of sp³-hybridized carbons (Fsp3) is 0.781. The molecule has 0 aromatic heterocycles. The van der Waals surface area contributed by atoms with E-state index in [1.165, 1.54) is 12.0 Å². The molecule has 1 aliphatic carbocycles. The average molecular weight is 534 g/mol. The Bertz CT molecular complexity index is 837. The SMILES string of the molecule is COCCCOc1cc(CC(CC[C@@H](O)CC(C(=O)N[C@@H]2CCCC2(C)C)C(C)C)C(C)C)ccc1OC. The van der Waals surface area contributed by atoms with Gasteiger partial charge in [0.2, 0.25) is 5.91 Å². The minimum Gasteiger partial charge on any atom is -0.493 e. The smallest absolute Gasteiger partial charge is 0.223 e. The Kier molecular flexibility index (Phi) is 13.4. The summed E-state index contributed by atoms with van der Waals surface area (Å²) in [6.07, 6.45) is 6.75. The van der Waals surface area contributed by atoms with Gasteiger partial charge < -0.3 is 24.6 Å². The van der Waals surface area contributed by atoms with Gasteiger partial charge in [-0.2, -0.15) is 0 Å². The second-order valence-corrected chi connectivity index (χ2v) is 12.6. The van der Waals surface area contributed by atoms with Gasteiger partial charge in [-0.15, -0.1) is 0 Å². The lowest BCUT2D eigenvalue weighted by Crippen LogP contribution is -2.45. The van der Waals surface area contributed by atoms with Crippen molar-refractivity contribution in [3.05, 3.63) is 23.8 Å². The van der Waals surface area contributed by atoms with Gasteiger partial charge in [0.1, 0.15) is 0 Å². The van der Waals surface area contributed by atoms with Gasteiger partial charge in [-0.3, -0.25) is 4.79 Å². The number of aliphatic hydroxyl groups is 1. The predicted molar refractivity (Wildman–Crippen MR) is 155 cm³/mol. The number of methoxy groups -OCH3 is 2. The third-order valence-corrected chi connectivity index (χ3v) is 8.53. The fourth-order valence-electron chi connectivity index (χ4n) is 5.69. The molecule has 1 amide bonds. The van der Waals surface area contributed by atoms with E-state index in [1.807, 2.05) is 6.07 Å². The summed E-state index contributed by atoms with van der Waals surface area (Å²) in [7, 11) is 3.35. The van der Waals surface area contributed by atoms with Crippen molar-refractivity contribution in [3.8, 4) is 11.5 Å². The molecule has 0 saturated heterocycles. The van der Waals surface area contributed by atoms with Gasteiger partial charge in [-0.1, -0.05) is 54.0 Å². The van der Waals surface area contributed by atoms with E-state index in [2.05, 4.69) is 59.0 Å². The normalized spacial score (nSPS) is 19.4. The summed E-state index contributed by atoms with van der Waals surface area (Å²) < 4.78 is 16.6. The number of hydrogen-bond donors (Lipinski definition) is 2. The van der Waals surface area contributed by atoms with E-state index in [0.717, 1.165) is 43.6 Å². The molecule has 1 aromatic carbocycles. The van der Waals surface area contributed by atoms with E-state index in [9.17, 15) is 9.90 Å². The molecule has 0 spiro atoms. The third kappa shape index (κ3) is 10.1. The highest BCUT2D eigenvalue weighted by molar-refractivity contribution is 5.79. The maximum Gasteiger partial charge on any atom is 0.223 e. The first-order valence-electron chi connectivity index (χ1n) is 14.8. The molecule has 1 aliphatic rings. The summed E-state index contributed by atoms with van der Waals surface area (Å²) >= 11 is 0. The van der Waals surface area contributed by atoms with Crippen LogP contribution in [0.1, 0.15) is 92.1 Å². The van der Waals surface area contributed by atoms with Crippen LogP contribution in [0.4, 0.5) is 0 Å². The van der Waals surface area contributed by atoms with Crippen LogP contribution in [0.15, 0.2) is 18.2 Å². The quantitative estimate of drug-likeness (QED) is 0.226. The zero-order chi connectivity index (χ0) is 28.3. The van der Waals surface area contributed by atoms with Crippen LogP contribution in [0.2, 0.25) is 0 Å². The molecule has 2 unspecified atom stereocenters. The summed E-state index contributed by atoms with van der Waals surface area (Å²) in [4.78, 5) is 13.2. The lowest BCUT2D eigenvalue weighted by Gasteiger charge is -2.31. The van der Waals surface area contributed by atoms with Crippen LogP contribution in [0, 0.1) is 29.1 Å². The van der Waals surface area contributed by atoms with Crippen molar-refractivity contribution >= 4 is 5.91 Å². The van der Waals surface area contributed by atoms with Crippen molar-refractivity contribution in [2.75, 3.05) is 27.4 Å². The third-order valence-electron chi connectivity index (χ3n) is 8.53. The highest BCUT2D eigenvalue weighted by Crippen LogP contribution is 2.38. The van der Waals surface area contributed by atoms with Crippen LogP contribution in [0.5, 0.6) is 11.5 Å². The van der Waals surface area contributed by atoms with Gasteiger partial charge in [0.25, 0.3) is 0 Å². The number of amides is 1. The first-order chi connectivity index (χ1) is 18.0. The van der Waals surface area contributed by atoms with E-state index in [1.54, 1.807) is 14.2 Å². The van der Waals surface area contributed by atoms with Crippen LogP contribution in [0.25, 0.3) is 0 Å². The number of carbonyl (C=O) groups excluding carboxylic acids is 1. The van der Waals surface area contributed by atoms with Crippen LogP contribution in [0.3, 0.4) is 0 Å². The van der Waals surface area contributed by atoms with Crippen LogP contribution in [-0.2, 0) is 16.0 Å². The minimum atomic E-state index is -0.485. The molecular weight excluding hydrogens is 478 g/mol. The molecule has 0 bridgehead atoms. The van der Waals surface area contributed by atoms with E-state index >= 15 is 0 Å². The predicted octanol–water partition coefficient (Wildman–Crippen LogP) is 6.42. The zero-order valence-corrected chi connectivity index (χ0v) is 25.3. The second-order valence-electron chi connectivity index (χ2n) is 12.6. The summed E-state index contributed by atoms with van der Waals surface area (Å²) in [5.74, 6) is 2.53. The molecule has 0 heterocycles. The number of rotatable bonds is 17. The van der Waals surface area contributed by atoms with E-state index < -0.39 is 6.10 Å². The topological polar surface area (TPSA) is 77.0 Å². The van der Waals surface area contributed by atoms with E-state index in [4.69, 9.17) is 14.2 Å². The zero-order valence-electron chi connectivity index (χ0n) is 25.3. The van der Waals surface area contributed by atoms with Crippen molar-refractivity contribution in [2.45, 2.75) is 105 Å². The lowest BCUT2D eigenvalue weighted by molar-refractivity contribution is -0.129. The number of hydrogen-bond acceptors (Lipinski definition) is 5. The first kappa shape index (κ1) is 32.4.